The van der Waals surface area contributed by atoms with E-state index >= 15 is 0 Å². The number of hydrogen-bond donors (Lipinski definition) is 1. The van der Waals surface area contributed by atoms with E-state index in [1.807, 2.05) is 96.7 Å². The Bertz CT molecular complexity index is 1470. The van der Waals surface area contributed by atoms with E-state index < -0.39 is 0 Å². The van der Waals surface area contributed by atoms with Crippen LogP contribution in [0.2, 0.25) is 0 Å². The Morgan fingerprint density at radius 3 is 2.20 bits per heavy atom. The number of para-hydroxylation sites is 1. The number of aromatic nitrogens is 4. The minimum Gasteiger partial charge on any atom is -0.324 e. The molecule has 0 bridgehead atoms. The molecule has 172 valence electrons. The molecule has 5 rings (SSSR count). The average molecular weight is 478 g/mol. The number of nitrogens with zero attached hydrogens (tertiary/aromatic N) is 4. The lowest BCUT2D eigenvalue weighted by molar-refractivity contribution is 0.103. The van der Waals surface area contributed by atoms with Crippen LogP contribution in [0.4, 0.5) is 11.6 Å². The van der Waals surface area contributed by atoms with Gasteiger partial charge in [-0.15, -0.1) is 11.8 Å². The molecule has 2 aromatic heterocycles. The van der Waals surface area contributed by atoms with Gasteiger partial charge in [0, 0.05) is 23.0 Å². The molecule has 0 aliphatic carbocycles. The Hall–Kier alpha value is -4.23. The highest BCUT2D eigenvalue weighted by molar-refractivity contribution is 7.98. The standard InChI is InChI=1S/C28H23N5OS/c1-19-25(27(35-2)32-33(19)23-11-7-4-8-12-23)24-17-18-29-28(31-24)30-22-15-13-21(14-16-22)26(34)20-9-5-3-6-10-20/h3-18H,1-2H3,(H,29,30,31). The van der Waals surface area contributed by atoms with Gasteiger partial charge in [0.05, 0.1) is 22.6 Å². The number of carbonyl (C=O) groups is 1. The molecule has 0 saturated carbocycles. The summed E-state index contributed by atoms with van der Waals surface area (Å²) >= 11 is 1.59. The SMILES string of the molecule is CSc1nn(-c2ccccc2)c(C)c1-c1ccnc(Nc2ccc(C(=O)c3ccccc3)cc2)n1. The predicted molar refractivity (Wildman–Crippen MR) is 141 cm³/mol. The Kier molecular flexibility index (Phi) is 6.41. The number of nitrogens with one attached hydrogen (secondary N) is 1. The molecule has 1 N–H and O–H groups in total. The lowest BCUT2D eigenvalue weighted by Gasteiger charge is -2.08. The zero-order chi connectivity index (χ0) is 24.2. The molecule has 0 aliphatic heterocycles. The molecule has 2 heterocycles. The van der Waals surface area contributed by atoms with Gasteiger partial charge in [-0.3, -0.25) is 4.79 Å². The van der Waals surface area contributed by atoms with Crippen molar-refractivity contribution in [3.8, 4) is 16.9 Å². The first kappa shape index (κ1) is 22.6. The van der Waals surface area contributed by atoms with E-state index in [0.29, 0.717) is 17.1 Å². The molecule has 0 unspecified atom stereocenters. The van der Waals surface area contributed by atoms with Crippen molar-refractivity contribution in [2.45, 2.75) is 11.9 Å². The van der Waals surface area contributed by atoms with Gasteiger partial charge >= 0.3 is 0 Å². The lowest BCUT2D eigenvalue weighted by atomic mass is 10.0. The second kappa shape index (κ2) is 9.95. The fourth-order valence-electron chi connectivity index (χ4n) is 3.88. The van der Waals surface area contributed by atoms with E-state index in [9.17, 15) is 4.79 Å². The van der Waals surface area contributed by atoms with Crippen LogP contribution in [0.25, 0.3) is 16.9 Å². The summed E-state index contributed by atoms with van der Waals surface area (Å²) in [6, 6.07) is 28.5. The van der Waals surface area contributed by atoms with Gasteiger partial charge in [-0.25, -0.2) is 14.6 Å². The first-order valence-electron chi connectivity index (χ1n) is 11.1. The molecule has 3 aromatic carbocycles. The molecular formula is C28H23N5OS. The van der Waals surface area contributed by atoms with E-state index in [1.165, 1.54) is 0 Å². The second-order valence-electron chi connectivity index (χ2n) is 7.88. The molecule has 0 spiro atoms. The van der Waals surface area contributed by atoms with E-state index in [1.54, 1.807) is 30.1 Å². The highest BCUT2D eigenvalue weighted by atomic mass is 32.2. The van der Waals surface area contributed by atoms with Crippen LogP contribution in [-0.2, 0) is 0 Å². The lowest BCUT2D eigenvalue weighted by Crippen LogP contribution is -2.02. The van der Waals surface area contributed by atoms with Crippen LogP contribution in [0.3, 0.4) is 0 Å². The Labute approximate surface area is 208 Å². The number of carbonyl (C=O) groups excluding carboxylic acids is 1. The van der Waals surface area contributed by atoms with Gasteiger partial charge in [-0.05, 0) is 55.6 Å². The molecule has 0 amide bonds. The first-order valence-corrected chi connectivity index (χ1v) is 12.4. The molecular weight excluding hydrogens is 454 g/mol. The van der Waals surface area contributed by atoms with E-state index in [4.69, 9.17) is 10.1 Å². The molecule has 0 saturated heterocycles. The molecule has 0 radical (unpaired) electrons. The molecule has 5 aromatic rings. The van der Waals surface area contributed by atoms with Gasteiger partial charge < -0.3 is 5.32 Å². The summed E-state index contributed by atoms with van der Waals surface area (Å²) in [4.78, 5) is 21.8. The summed E-state index contributed by atoms with van der Waals surface area (Å²) in [5.41, 5.74) is 5.88. The fraction of sp³-hybridized carbons (Fsp3) is 0.0714. The first-order chi connectivity index (χ1) is 17.1. The highest BCUT2D eigenvalue weighted by Gasteiger charge is 2.18. The third-order valence-electron chi connectivity index (χ3n) is 5.63. The van der Waals surface area contributed by atoms with Gasteiger partial charge in [0.1, 0.15) is 5.03 Å². The number of ketones is 1. The minimum atomic E-state index is -0.00843. The molecule has 0 atom stereocenters. The third kappa shape index (κ3) is 4.72. The van der Waals surface area contributed by atoms with Crippen molar-refractivity contribution in [3.63, 3.8) is 0 Å². The molecule has 35 heavy (non-hydrogen) atoms. The summed E-state index contributed by atoms with van der Waals surface area (Å²) in [6.45, 7) is 2.05. The highest BCUT2D eigenvalue weighted by Crippen LogP contribution is 2.33. The van der Waals surface area contributed by atoms with Crippen molar-refractivity contribution in [2.24, 2.45) is 0 Å². The largest absolute Gasteiger partial charge is 0.324 e. The number of hydrogen-bond acceptors (Lipinski definition) is 6. The van der Waals surface area contributed by atoms with Crippen LogP contribution in [0.1, 0.15) is 21.6 Å². The van der Waals surface area contributed by atoms with Gasteiger partial charge in [0.2, 0.25) is 5.95 Å². The summed E-state index contributed by atoms with van der Waals surface area (Å²) in [5.74, 6) is 0.467. The normalized spacial score (nSPS) is 10.8. The number of thioether (sulfide) groups is 1. The molecule has 0 fully saturated rings. The van der Waals surface area contributed by atoms with Crippen LogP contribution >= 0.6 is 11.8 Å². The van der Waals surface area contributed by atoms with Gasteiger partial charge in [0.15, 0.2) is 5.78 Å². The van der Waals surface area contributed by atoms with Crippen LogP contribution in [-0.4, -0.2) is 31.8 Å². The average Bonchev–Trinajstić information content (AvgIpc) is 3.26. The van der Waals surface area contributed by atoms with Crippen molar-refractivity contribution in [3.05, 3.63) is 114 Å². The van der Waals surface area contributed by atoms with Crippen LogP contribution in [0, 0.1) is 6.92 Å². The zero-order valence-corrected chi connectivity index (χ0v) is 20.2. The Balaban J connectivity index is 1.40. The van der Waals surface area contributed by atoms with Crippen molar-refractivity contribution >= 4 is 29.2 Å². The molecule has 6 nitrogen and oxygen atoms in total. The van der Waals surface area contributed by atoms with Crippen LogP contribution in [0.5, 0.6) is 0 Å². The van der Waals surface area contributed by atoms with Crippen molar-refractivity contribution in [1.29, 1.82) is 0 Å². The van der Waals surface area contributed by atoms with Crippen molar-refractivity contribution < 1.29 is 4.79 Å². The summed E-state index contributed by atoms with van der Waals surface area (Å²) in [5, 5.41) is 8.96. The number of benzene rings is 3. The molecule has 7 heteroatoms. The maximum Gasteiger partial charge on any atom is 0.227 e. The summed E-state index contributed by atoms with van der Waals surface area (Å²) in [6.07, 6.45) is 3.75. The number of rotatable bonds is 7. The van der Waals surface area contributed by atoms with Crippen LogP contribution in [0.15, 0.2) is 102 Å². The maximum atomic E-state index is 12.7. The quantitative estimate of drug-likeness (QED) is 0.218. The van der Waals surface area contributed by atoms with Gasteiger partial charge in [0.25, 0.3) is 0 Å². The minimum absolute atomic E-state index is 0.00843. The maximum absolute atomic E-state index is 12.7. The van der Waals surface area contributed by atoms with Crippen molar-refractivity contribution in [2.75, 3.05) is 11.6 Å². The van der Waals surface area contributed by atoms with E-state index in [0.717, 1.165) is 33.4 Å². The smallest absolute Gasteiger partial charge is 0.227 e. The zero-order valence-electron chi connectivity index (χ0n) is 19.3. The monoisotopic (exact) mass is 477 g/mol. The van der Waals surface area contributed by atoms with Gasteiger partial charge in [-0.1, -0.05) is 48.5 Å². The van der Waals surface area contributed by atoms with Gasteiger partial charge in [-0.2, -0.15) is 5.10 Å². The van der Waals surface area contributed by atoms with E-state index in [-0.39, 0.29) is 5.78 Å². The van der Waals surface area contributed by atoms with E-state index in [2.05, 4.69) is 10.3 Å². The Morgan fingerprint density at radius 2 is 1.51 bits per heavy atom. The van der Waals surface area contributed by atoms with Crippen molar-refractivity contribution in [1.82, 2.24) is 19.7 Å². The second-order valence-corrected chi connectivity index (χ2v) is 8.67. The Morgan fingerprint density at radius 1 is 0.857 bits per heavy atom. The van der Waals surface area contributed by atoms with Crippen LogP contribution < -0.4 is 5.32 Å². The topological polar surface area (TPSA) is 72.7 Å². The summed E-state index contributed by atoms with van der Waals surface area (Å²) in [7, 11) is 0. The summed E-state index contributed by atoms with van der Waals surface area (Å²) < 4.78 is 1.94. The molecule has 0 aliphatic rings. The number of anilines is 2. The fourth-order valence-corrected chi connectivity index (χ4v) is 4.50. The predicted octanol–water partition coefficient (Wildman–Crippen LogP) is 6.33. The third-order valence-corrected chi connectivity index (χ3v) is 6.30.